The first-order valence-electron chi connectivity index (χ1n) is 37.2. The minimum absolute atomic E-state index is 0.0653. The van der Waals surface area contributed by atoms with Crippen LogP contribution in [-0.4, -0.2) is 37.2 Å². The summed E-state index contributed by atoms with van der Waals surface area (Å²) < 4.78 is 17.0. The molecule has 0 aliphatic rings. The van der Waals surface area contributed by atoms with Crippen LogP contribution < -0.4 is 0 Å². The van der Waals surface area contributed by atoms with E-state index in [9.17, 15) is 14.4 Å². The number of unbranched alkanes of at least 4 members (excludes halogenated alkanes) is 57. The zero-order valence-electron chi connectivity index (χ0n) is 55.4. The zero-order valence-corrected chi connectivity index (χ0v) is 55.4. The van der Waals surface area contributed by atoms with Crippen LogP contribution in [0.1, 0.15) is 432 Å². The van der Waals surface area contributed by atoms with Gasteiger partial charge < -0.3 is 14.2 Å². The van der Waals surface area contributed by atoms with Gasteiger partial charge in [-0.15, -0.1) is 0 Å². The molecule has 1 atom stereocenters. The zero-order chi connectivity index (χ0) is 58.5. The average molecular weight is 1140 g/mol. The Morgan fingerprint density at radius 3 is 0.617 bits per heavy atom. The molecule has 0 fully saturated rings. The van der Waals surface area contributed by atoms with Crippen molar-refractivity contribution in [2.24, 2.45) is 0 Å². The summed E-state index contributed by atoms with van der Waals surface area (Å²) in [6.45, 7) is 6.73. The smallest absolute Gasteiger partial charge is 0.306 e. The largest absolute Gasteiger partial charge is 0.462 e. The SMILES string of the molecule is CCCCCCCCC/C=C\CCCCCCCC(=O)OCC(COC(=O)CCCCCCCCCCCCCCCCCCCCCCCCCCCC)OC(=O)CCCCCCCCCCCCCCCCCCCCCCC. The molecule has 6 heteroatoms. The van der Waals surface area contributed by atoms with Gasteiger partial charge in [0.05, 0.1) is 0 Å². The van der Waals surface area contributed by atoms with Crippen molar-refractivity contribution in [2.75, 3.05) is 13.2 Å². The second-order valence-electron chi connectivity index (χ2n) is 25.6. The molecule has 0 heterocycles. The van der Waals surface area contributed by atoms with Crippen LogP contribution >= 0.6 is 0 Å². The van der Waals surface area contributed by atoms with E-state index in [-0.39, 0.29) is 31.1 Å². The van der Waals surface area contributed by atoms with E-state index in [1.807, 2.05) is 0 Å². The van der Waals surface area contributed by atoms with E-state index in [4.69, 9.17) is 14.2 Å². The molecule has 0 spiro atoms. The first kappa shape index (κ1) is 79.2. The molecular weight excluding hydrogens is 997 g/mol. The molecule has 81 heavy (non-hydrogen) atoms. The number of rotatable bonds is 70. The summed E-state index contributed by atoms with van der Waals surface area (Å²) >= 11 is 0. The fourth-order valence-electron chi connectivity index (χ4n) is 11.7. The molecule has 0 aromatic heterocycles. The first-order valence-corrected chi connectivity index (χ1v) is 37.2. The Labute approximate surface area is 507 Å². The molecule has 0 N–H and O–H groups in total. The Bertz CT molecular complexity index is 1260. The predicted octanol–water partition coefficient (Wildman–Crippen LogP) is 25.6. The van der Waals surface area contributed by atoms with Gasteiger partial charge in [0.1, 0.15) is 13.2 Å². The van der Waals surface area contributed by atoms with Crippen molar-refractivity contribution in [1.29, 1.82) is 0 Å². The Hall–Kier alpha value is -1.85. The Morgan fingerprint density at radius 2 is 0.407 bits per heavy atom. The summed E-state index contributed by atoms with van der Waals surface area (Å²) in [7, 11) is 0. The highest BCUT2D eigenvalue weighted by Gasteiger charge is 2.20. The van der Waals surface area contributed by atoms with Gasteiger partial charge >= 0.3 is 17.9 Å². The molecule has 0 saturated heterocycles. The van der Waals surface area contributed by atoms with Crippen LogP contribution in [0.15, 0.2) is 12.2 Å². The number of carbonyl (C=O) groups excluding carboxylic acids is 3. The number of hydrogen-bond donors (Lipinski definition) is 0. The number of allylic oxidation sites excluding steroid dienone is 2. The average Bonchev–Trinajstić information content (AvgIpc) is 3.47. The molecule has 0 radical (unpaired) electrons. The molecule has 0 aliphatic carbocycles. The molecule has 480 valence electrons. The van der Waals surface area contributed by atoms with Crippen LogP contribution in [0.4, 0.5) is 0 Å². The third-order valence-corrected chi connectivity index (χ3v) is 17.3. The van der Waals surface area contributed by atoms with Gasteiger partial charge in [0.25, 0.3) is 0 Å². The van der Waals surface area contributed by atoms with E-state index in [0.29, 0.717) is 19.3 Å². The molecular formula is C75H144O6. The van der Waals surface area contributed by atoms with Gasteiger partial charge in [0, 0.05) is 19.3 Å². The maximum absolute atomic E-state index is 13.0. The maximum atomic E-state index is 13.0. The highest BCUT2D eigenvalue weighted by atomic mass is 16.6. The van der Waals surface area contributed by atoms with Crippen LogP contribution in [0.5, 0.6) is 0 Å². The van der Waals surface area contributed by atoms with Crippen molar-refractivity contribution in [3.8, 4) is 0 Å². The number of hydrogen-bond acceptors (Lipinski definition) is 6. The van der Waals surface area contributed by atoms with E-state index in [1.165, 1.54) is 327 Å². The first-order chi connectivity index (χ1) is 40.0. The summed E-state index contributed by atoms with van der Waals surface area (Å²) in [5.41, 5.74) is 0. The summed E-state index contributed by atoms with van der Waals surface area (Å²) in [4.78, 5) is 38.5. The van der Waals surface area contributed by atoms with Crippen LogP contribution in [0, 0.1) is 0 Å². The molecule has 1 unspecified atom stereocenters. The van der Waals surface area contributed by atoms with Crippen LogP contribution in [0.3, 0.4) is 0 Å². The van der Waals surface area contributed by atoms with Gasteiger partial charge in [0.15, 0.2) is 6.10 Å². The number of ether oxygens (including phenoxy) is 3. The lowest BCUT2D eigenvalue weighted by Gasteiger charge is -2.18. The Morgan fingerprint density at radius 1 is 0.235 bits per heavy atom. The van der Waals surface area contributed by atoms with E-state index in [0.717, 1.165) is 64.2 Å². The highest BCUT2D eigenvalue weighted by Crippen LogP contribution is 2.20. The van der Waals surface area contributed by atoms with Gasteiger partial charge in [0.2, 0.25) is 0 Å². The molecule has 0 amide bonds. The van der Waals surface area contributed by atoms with Gasteiger partial charge in [-0.25, -0.2) is 0 Å². The molecule has 0 aromatic carbocycles. The van der Waals surface area contributed by atoms with Crippen LogP contribution in [0.2, 0.25) is 0 Å². The van der Waals surface area contributed by atoms with E-state index < -0.39 is 6.10 Å². The molecule has 0 bridgehead atoms. The summed E-state index contributed by atoms with van der Waals surface area (Å²) in [6, 6.07) is 0. The van der Waals surface area contributed by atoms with Crippen molar-refractivity contribution in [3.05, 3.63) is 12.2 Å². The second kappa shape index (κ2) is 70.6. The van der Waals surface area contributed by atoms with E-state index >= 15 is 0 Å². The Balaban J connectivity index is 4.23. The summed E-state index contributed by atoms with van der Waals surface area (Å²) in [5, 5.41) is 0. The van der Waals surface area contributed by atoms with E-state index in [2.05, 4.69) is 32.9 Å². The lowest BCUT2D eigenvalue weighted by atomic mass is 10.0. The lowest BCUT2D eigenvalue weighted by molar-refractivity contribution is -0.167. The predicted molar refractivity (Wildman–Crippen MR) is 353 cm³/mol. The van der Waals surface area contributed by atoms with Gasteiger partial charge in [-0.3, -0.25) is 14.4 Å². The topological polar surface area (TPSA) is 78.9 Å². The number of carbonyl (C=O) groups is 3. The minimum atomic E-state index is -0.770. The fourth-order valence-corrected chi connectivity index (χ4v) is 11.7. The Kier molecular flexibility index (Phi) is 69.0. The lowest BCUT2D eigenvalue weighted by Crippen LogP contribution is -2.30. The van der Waals surface area contributed by atoms with Crippen LogP contribution in [-0.2, 0) is 28.6 Å². The third-order valence-electron chi connectivity index (χ3n) is 17.3. The summed E-state index contributed by atoms with van der Waals surface area (Å²) in [5.74, 6) is -0.835. The van der Waals surface area contributed by atoms with Crippen molar-refractivity contribution < 1.29 is 28.6 Å². The van der Waals surface area contributed by atoms with Crippen molar-refractivity contribution in [1.82, 2.24) is 0 Å². The molecule has 0 aliphatic heterocycles. The quantitative estimate of drug-likeness (QED) is 0.0261. The normalized spacial score (nSPS) is 12.0. The molecule has 6 nitrogen and oxygen atoms in total. The monoisotopic (exact) mass is 1140 g/mol. The van der Waals surface area contributed by atoms with Gasteiger partial charge in [-0.2, -0.15) is 0 Å². The van der Waals surface area contributed by atoms with Crippen molar-refractivity contribution in [3.63, 3.8) is 0 Å². The minimum Gasteiger partial charge on any atom is -0.462 e. The second-order valence-corrected chi connectivity index (χ2v) is 25.6. The van der Waals surface area contributed by atoms with Gasteiger partial charge in [-0.1, -0.05) is 380 Å². The summed E-state index contributed by atoms with van der Waals surface area (Å²) in [6.07, 6.45) is 85.4. The molecule has 0 rings (SSSR count). The molecule has 0 saturated carbocycles. The maximum Gasteiger partial charge on any atom is 0.306 e. The van der Waals surface area contributed by atoms with Crippen molar-refractivity contribution >= 4 is 17.9 Å². The fraction of sp³-hybridized carbons (Fsp3) is 0.933. The van der Waals surface area contributed by atoms with Gasteiger partial charge in [-0.05, 0) is 44.9 Å². The highest BCUT2D eigenvalue weighted by molar-refractivity contribution is 5.71. The number of esters is 3. The van der Waals surface area contributed by atoms with Crippen molar-refractivity contribution in [2.45, 2.75) is 438 Å². The van der Waals surface area contributed by atoms with E-state index in [1.54, 1.807) is 0 Å². The standard InChI is InChI=1S/C75H144O6/c1-4-7-10-13-16-19-22-25-28-31-33-35-36-37-38-39-41-42-44-47-50-53-56-59-62-65-68-74(77)80-71-72(70-79-73(76)67-64-61-58-55-52-49-46-30-27-24-21-18-15-12-9-6-3)81-75(78)69-66-63-60-57-54-51-48-45-43-40-34-32-29-26-23-20-17-14-11-8-5-2/h30,46,72H,4-29,31-45,47-71H2,1-3H3/b46-30-. The third kappa shape index (κ3) is 68.8. The van der Waals surface area contributed by atoms with Crippen LogP contribution in [0.25, 0.3) is 0 Å². The molecule has 0 aromatic rings.